The molecule has 3 aromatic carbocycles. The maximum absolute atomic E-state index is 14.1. The number of amides is 1. The van der Waals surface area contributed by atoms with Gasteiger partial charge in [0.25, 0.3) is 5.91 Å². The van der Waals surface area contributed by atoms with E-state index in [0.29, 0.717) is 41.4 Å². The smallest absolute Gasteiger partial charge is 0.255 e. The van der Waals surface area contributed by atoms with Gasteiger partial charge in [0.05, 0.1) is 12.2 Å². The third-order valence-corrected chi connectivity index (χ3v) is 9.33. The second-order valence-corrected chi connectivity index (χ2v) is 12.6. The fourth-order valence-corrected chi connectivity index (χ4v) is 6.16. The molecule has 0 saturated heterocycles. The number of hydrogen-bond acceptors (Lipinski definition) is 7. The van der Waals surface area contributed by atoms with Crippen LogP contribution in [0.2, 0.25) is 0 Å². The van der Waals surface area contributed by atoms with Gasteiger partial charge in [-0.3, -0.25) is 4.79 Å². The molecule has 0 radical (unpaired) electrons. The van der Waals surface area contributed by atoms with Crippen molar-refractivity contribution in [3.05, 3.63) is 98.7 Å². The Morgan fingerprint density at radius 2 is 1.71 bits per heavy atom. The van der Waals surface area contributed by atoms with Gasteiger partial charge in [-0.25, -0.2) is 4.68 Å². The molecule has 0 bridgehead atoms. The number of rotatable bonds is 11. The zero-order valence-corrected chi connectivity index (χ0v) is 28.3. The van der Waals surface area contributed by atoms with E-state index in [1.54, 1.807) is 11.8 Å². The SMILES string of the molecule is CCCSc1nc2n(n1)C(c1ccc(OCc3cc(C)c(C)cc3C)c(OCC)c1)C(C(=O)Nc1cccc(C)c1C)=C(C)N2. The van der Waals surface area contributed by atoms with E-state index in [9.17, 15) is 4.79 Å². The summed E-state index contributed by atoms with van der Waals surface area (Å²) in [5, 5.41) is 12.0. The Kier molecular flexibility index (Phi) is 9.87. The molecular formula is C36H43N5O3S. The highest BCUT2D eigenvalue weighted by Crippen LogP contribution is 2.40. The van der Waals surface area contributed by atoms with Crippen LogP contribution in [0.5, 0.6) is 11.5 Å². The van der Waals surface area contributed by atoms with Gasteiger partial charge < -0.3 is 20.1 Å². The molecule has 2 heterocycles. The van der Waals surface area contributed by atoms with Gasteiger partial charge in [-0.2, -0.15) is 4.98 Å². The molecule has 0 aliphatic carbocycles. The first-order valence-electron chi connectivity index (χ1n) is 15.5. The van der Waals surface area contributed by atoms with E-state index in [1.165, 1.54) is 16.7 Å². The molecule has 0 spiro atoms. The quantitative estimate of drug-likeness (QED) is 0.162. The summed E-state index contributed by atoms with van der Waals surface area (Å²) >= 11 is 1.60. The maximum atomic E-state index is 14.1. The van der Waals surface area contributed by atoms with E-state index in [0.717, 1.165) is 45.8 Å². The number of thioether (sulfide) groups is 1. The third-order valence-electron chi connectivity index (χ3n) is 8.28. The summed E-state index contributed by atoms with van der Waals surface area (Å²) in [5.74, 6) is 2.56. The van der Waals surface area contributed by atoms with E-state index in [4.69, 9.17) is 19.6 Å². The molecule has 5 rings (SSSR count). The predicted molar refractivity (Wildman–Crippen MR) is 183 cm³/mol. The Bertz CT molecular complexity index is 1760. The van der Waals surface area contributed by atoms with Gasteiger partial charge in [0.15, 0.2) is 11.5 Å². The first-order valence-corrected chi connectivity index (χ1v) is 16.5. The van der Waals surface area contributed by atoms with Crippen molar-refractivity contribution >= 4 is 29.3 Å². The Labute approximate surface area is 270 Å². The summed E-state index contributed by atoms with van der Waals surface area (Å²) in [4.78, 5) is 18.9. The summed E-state index contributed by atoms with van der Waals surface area (Å²) in [6.45, 7) is 17.3. The number of anilines is 2. The lowest BCUT2D eigenvalue weighted by molar-refractivity contribution is -0.113. The first kappa shape index (κ1) is 32.2. The van der Waals surface area contributed by atoms with Crippen LogP contribution >= 0.6 is 11.8 Å². The third kappa shape index (κ3) is 6.88. The number of nitrogens with one attached hydrogen (secondary N) is 2. The number of aryl methyl sites for hydroxylation is 4. The summed E-state index contributed by atoms with van der Waals surface area (Å²) in [6, 6.07) is 15.6. The molecule has 1 unspecified atom stereocenters. The largest absolute Gasteiger partial charge is 0.490 e. The number of benzene rings is 3. The summed E-state index contributed by atoms with van der Waals surface area (Å²) < 4.78 is 14.3. The van der Waals surface area contributed by atoms with Crippen molar-refractivity contribution in [3.63, 3.8) is 0 Å². The molecule has 1 aliphatic heterocycles. The Morgan fingerprint density at radius 3 is 2.47 bits per heavy atom. The lowest BCUT2D eigenvalue weighted by Crippen LogP contribution is -2.31. The second kappa shape index (κ2) is 13.8. The number of fused-ring (bicyclic) bond motifs is 1. The van der Waals surface area contributed by atoms with Crippen LogP contribution in [0.15, 0.2) is 65.0 Å². The van der Waals surface area contributed by atoms with Crippen molar-refractivity contribution < 1.29 is 14.3 Å². The molecule has 8 nitrogen and oxygen atoms in total. The molecule has 1 amide bonds. The van der Waals surface area contributed by atoms with Crippen molar-refractivity contribution in [3.8, 4) is 11.5 Å². The molecule has 9 heteroatoms. The van der Waals surface area contributed by atoms with E-state index in [-0.39, 0.29) is 5.91 Å². The highest BCUT2D eigenvalue weighted by Gasteiger charge is 2.35. The van der Waals surface area contributed by atoms with Crippen LogP contribution in [0.25, 0.3) is 0 Å². The van der Waals surface area contributed by atoms with Crippen LogP contribution in [0, 0.1) is 34.6 Å². The van der Waals surface area contributed by atoms with Crippen molar-refractivity contribution in [1.82, 2.24) is 14.8 Å². The van der Waals surface area contributed by atoms with Gasteiger partial charge in [0.2, 0.25) is 11.1 Å². The lowest BCUT2D eigenvalue weighted by Gasteiger charge is -2.29. The zero-order chi connectivity index (χ0) is 32.2. The van der Waals surface area contributed by atoms with Crippen LogP contribution < -0.4 is 20.1 Å². The molecule has 1 aliphatic rings. The Balaban J connectivity index is 1.54. The number of ether oxygens (including phenoxy) is 2. The predicted octanol–water partition coefficient (Wildman–Crippen LogP) is 8.23. The number of carbonyl (C=O) groups excluding carboxylic acids is 1. The Morgan fingerprint density at radius 1 is 0.933 bits per heavy atom. The minimum absolute atomic E-state index is 0.203. The normalized spacial score (nSPS) is 14.2. The van der Waals surface area contributed by atoms with Crippen LogP contribution in [-0.2, 0) is 11.4 Å². The molecular weight excluding hydrogens is 582 g/mol. The van der Waals surface area contributed by atoms with E-state index < -0.39 is 6.04 Å². The first-order chi connectivity index (χ1) is 21.6. The van der Waals surface area contributed by atoms with Crippen molar-refractivity contribution in [2.24, 2.45) is 0 Å². The summed E-state index contributed by atoms with van der Waals surface area (Å²) in [7, 11) is 0. The number of nitrogens with zero attached hydrogens (tertiary/aromatic N) is 3. The highest BCUT2D eigenvalue weighted by molar-refractivity contribution is 7.99. The Hall–Kier alpha value is -4.24. The van der Waals surface area contributed by atoms with Gasteiger partial charge in [0.1, 0.15) is 12.6 Å². The van der Waals surface area contributed by atoms with Crippen molar-refractivity contribution in [2.45, 2.75) is 79.6 Å². The summed E-state index contributed by atoms with van der Waals surface area (Å²) in [5.41, 5.74) is 9.88. The molecule has 1 aromatic heterocycles. The molecule has 236 valence electrons. The van der Waals surface area contributed by atoms with Gasteiger partial charge >= 0.3 is 0 Å². The number of hydrogen-bond donors (Lipinski definition) is 2. The topological polar surface area (TPSA) is 90.3 Å². The average Bonchev–Trinajstić information content (AvgIpc) is 3.41. The fourth-order valence-electron chi connectivity index (χ4n) is 5.48. The number of carbonyl (C=O) groups is 1. The van der Waals surface area contributed by atoms with Crippen LogP contribution in [0.1, 0.15) is 72.2 Å². The maximum Gasteiger partial charge on any atom is 0.255 e. The fraction of sp³-hybridized carbons (Fsp3) is 0.361. The van der Waals surface area contributed by atoms with Gasteiger partial charge in [-0.1, -0.05) is 49.0 Å². The monoisotopic (exact) mass is 625 g/mol. The second-order valence-electron chi connectivity index (χ2n) is 11.6. The average molecular weight is 626 g/mol. The summed E-state index contributed by atoms with van der Waals surface area (Å²) in [6.07, 6.45) is 1.01. The molecule has 0 fully saturated rings. The van der Waals surface area contributed by atoms with Crippen LogP contribution in [-0.4, -0.2) is 33.0 Å². The van der Waals surface area contributed by atoms with Crippen LogP contribution in [0.4, 0.5) is 11.6 Å². The molecule has 1 atom stereocenters. The van der Waals surface area contributed by atoms with Gasteiger partial charge in [-0.15, -0.1) is 5.10 Å². The number of allylic oxidation sites excluding steroid dienone is 1. The minimum Gasteiger partial charge on any atom is -0.490 e. The molecule has 4 aromatic rings. The van der Waals surface area contributed by atoms with E-state index in [1.807, 2.05) is 68.8 Å². The molecule has 2 N–H and O–H groups in total. The zero-order valence-electron chi connectivity index (χ0n) is 27.5. The van der Waals surface area contributed by atoms with Gasteiger partial charge in [0, 0.05) is 17.1 Å². The number of aromatic nitrogens is 3. The van der Waals surface area contributed by atoms with Crippen molar-refractivity contribution in [2.75, 3.05) is 23.0 Å². The molecule has 45 heavy (non-hydrogen) atoms. The van der Waals surface area contributed by atoms with Crippen LogP contribution in [0.3, 0.4) is 0 Å². The van der Waals surface area contributed by atoms with Crippen molar-refractivity contribution in [1.29, 1.82) is 0 Å². The highest BCUT2D eigenvalue weighted by atomic mass is 32.2. The standard InChI is InChI=1S/C36H43N5O3S/c1-9-16-45-36-39-35-37-26(8)32(34(42)38-29-13-11-12-21(3)25(29)7)33(41(35)40-36)27-14-15-30(31(19-27)43-10-2)44-20-28-18-23(5)22(4)17-24(28)6/h11-15,17-19,33H,9-10,16,20H2,1-8H3,(H,38,42)(H,37,39,40). The lowest BCUT2D eigenvalue weighted by atomic mass is 9.94. The minimum atomic E-state index is -0.537. The molecule has 0 saturated carbocycles. The van der Waals surface area contributed by atoms with E-state index >= 15 is 0 Å². The van der Waals surface area contributed by atoms with Gasteiger partial charge in [-0.05, 0) is 112 Å². The van der Waals surface area contributed by atoms with E-state index in [2.05, 4.69) is 50.5 Å².